The summed E-state index contributed by atoms with van der Waals surface area (Å²) < 4.78 is 7.15. The molecule has 0 saturated carbocycles. The minimum absolute atomic E-state index is 0.0198. The van der Waals surface area contributed by atoms with Crippen molar-refractivity contribution >= 4 is 45.6 Å². The minimum Gasteiger partial charge on any atom is -0.451 e. The van der Waals surface area contributed by atoms with Gasteiger partial charge in [0.2, 0.25) is 0 Å². The molecule has 0 N–H and O–H groups in total. The number of thiophene rings is 1. The first kappa shape index (κ1) is 22.0. The lowest BCUT2D eigenvalue weighted by molar-refractivity contribution is -0.133. The van der Waals surface area contributed by atoms with E-state index in [4.69, 9.17) is 16.3 Å². The second kappa shape index (κ2) is 9.40. The highest BCUT2D eigenvalue weighted by Gasteiger charge is 2.20. The number of carbonyl (C=O) groups is 2. The Balaban J connectivity index is 1.76. The molecule has 3 rings (SSSR count). The van der Waals surface area contributed by atoms with Crippen molar-refractivity contribution in [2.75, 3.05) is 13.7 Å². The molecule has 30 heavy (non-hydrogen) atoms. The van der Waals surface area contributed by atoms with E-state index in [1.54, 1.807) is 37.4 Å². The van der Waals surface area contributed by atoms with Crippen LogP contribution in [0.2, 0.25) is 4.34 Å². The van der Waals surface area contributed by atoms with Gasteiger partial charge in [-0.05, 0) is 24.1 Å². The molecule has 0 unspecified atom stereocenters. The van der Waals surface area contributed by atoms with E-state index < -0.39 is 12.6 Å². The Morgan fingerprint density at radius 2 is 1.90 bits per heavy atom. The molecule has 0 aliphatic carbocycles. The zero-order valence-electron chi connectivity index (χ0n) is 16.9. The third kappa shape index (κ3) is 5.06. The van der Waals surface area contributed by atoms with Crippen molar-refractivity contribution in [3.8, 4) is 0 Å². The molecule has 3 aromatic rings. The van der Waals surface area contributed by atoms with Gasteiger partial charge in [0.25, 0.3) is 11.5 Å². The van der Waals surface area contributed by atoms with E-state index in [0.29, 0.717) is 28.2 Å². The molecule has 0 fully saturated rings. The third-order valence-electron chi connectivity index (χ3n) is 4.37. The Kier molecular flexibility index (Phi) is 6.89. The number of halogens is 1. The van der Waals surface area contributed by atoms with Crippen LogP contribution in [-0.4, -0.2) is 40.2 Å². The van der Waals surface area contributed by atoms with Crippen LogP contribution >= 0.6 is 22.9 Å². The second-order valence-electron chi connectivity index (χ2n) is 7.31. The summed E-state index contributed by atoms with van der Waals surface area (Å²) in [6.45, 7) is 4.23. The number of benzene rings is 1. The van der Waals surface area contributed by atoms with Crippen molar-refractivity contribution in [1.82, 2.24) is 14.7 Å². The number of fused-ring (bicyclic) bond motifs is 1. The van der Waals surface area contributed by atoms with Gasteiger partial charge >= 0.3 is 5.97 Å². The average molecular weight is 448 g/mol. The van der Waals surface area contributed by atoms with Crippen LogP contribution in [-0.2, 0) is 22.6 Å². The summed E-state index contributed by atoms with van der Waals surface area (Å²) in [5, 5.41) is 5.02. The van der Waals surface area contributed by atoms with E-state index in [9.17, 15) is 14.4 Å². The van der Waals surface area contributed by atoms with Crippen LogP contribution in [0.1, 0.15) is 29.2 Å². The van der Waals surface area contributed by atoms with Gasteiger partial charge in [0.15, 0.2) is 12.3 Å². The number of esters is 1. The standard InChI is InChI=1S/C21H22ClN3O4S/c1-13(2)10-25-20(27)16-7-5-4-6-15(16)19(23-25)21(28)29-12-18(26)24(3)11-14-8-9-17(22)30-14/h4-9,13H,10-12H2,1-3H3. The predicted octanol–water partition coefficient (Wildman–Crippen LogP) is 3.58. The molecule has 0 aliphatic heterocycles. The number of hydrogen-bond donors (Lipinski definition) is 0. The average Bonchev–Trinajstić information content (AvgIpc) is 3.12. The molecule has 0 spiro atoms. The third-order valence-corrected chi connectivity index (χ3v) is 5.59. The van der Waals surface area contributed by atoms with Crippen LogP contribution in [0.5, 0.6) is 0 Å². The number of amides is 1. The van der Waals surface area contributed by atoms with Crippen molar-refractivity contribution < 1.29 is 14.3 Å². The molecule has 0 aliphatic rings. The summed E-state index contributed by atoms with van der Waals surface area (Å²) in [5.41, 5.74) is -0.243. The topological polar surface area (TPSA) is 81.5 Å². The van der Waals surface area contributed by atoms with Gasteiger partial charge in [0.1, 0.15) is 0 Å². The normalized spacial score (nSPS) is 11.1. The van der Waals surface area contributed by atoms with Gasteiger partial charge < -0.3 is 9.64 Å². The molecule has 9 heteroatoms. The number of hydrogen-bond acceptors (Lipinski definition) is 6. The van der Waals surface area contributed by atoms with E-state index in [0.717, 1.165) is 4.88 Å². The van der Waals surface area contributed by atoms with Crippen LogP contribution in [0, 0.1) is 5.92 Å². The quantitative estimate of drug-likeness (QED) is 0.517. The zero-order valence-corrected chi connectivity index (χ0v) is 18.5. The lowest BCUT2D eigenvalue weighted by atomic mass is 10.1. The van der Waals surface area contributed by atoms with Crippen molar-refractivity contribution in [2.45, 2.75) is 26.9 Å². The summed E-state index contributed by atoms with van der Waals surface area (Å²) in [4.78, 5) is 40.1. The lowest BCUT2D eigenvalue weighted by Gasteiger charge is -2.16. The Labute approximate surface area is 182 Å². The van der Waals surface area contributed by atoms with E-state index in [2.05, 4.69) is 5.10 Å². The van der Waals surface area contributed by atoms with Crippen molar-refractivity contribution in [1.29, 1.82) is 0 Å². The van der Waals surface area contributed by atoms with Gasteiger partial charge in [0, 0.05) is 23.9 Å². The van der Waals surface area contributed by atoms with Crippen LogP contribution in [0.25, 0.3) is 10.8 Å². The molecule has 1 aromatic carbocycles. The maximum Gasteiger partial charge on any atom is 0.359 e. The van der Waals surface area contributed by atoms with Gasteiger partial charge in [-0.1, -0.05) is 43.6 Å². The Hall–Kier alpha value is -2.71. The second-order valence-corrected chi connectivity index (χ2v) is 9.11. The van der Waals surface area contributed by atoms with Crippen molar-refractivity contribution in [2.24, 2.45) is 5.92 Å². The number of nitrogens with zero attached hydrogens (tertiary/aromatic N) is 3. The van der Waals surface area contributed by atoms with E-state index >= 15 is 0 Å². The molecule has 1 amide bonds. The Morgan fingerprint density at radius 1 is 1.20 bits per heavy atom. The molecule has 2 heterocycles. The predicted molar refractivity (Wildman–Crippen MR) is 117 cm³/mol. The summed E-state index contributed by atoms with van der Waals surface area (Å²) in [5.74, 6) is -0.932. The highest BCUT2D eigenvalue weighted by atomic mass is 35.5. The van der Waals surface area contributed by atoms with Crippen LogP contribution in [0.15, 0.2) is 41.2 Å². The maximum atomic E-state index is 12.7. The first-order valence-corrected chi connectivity index (χ1v) is 10.6. The maximum absolute atomic E-state index is 12.7. The Bertz CT molecular complexity index is 1140. The fourth-order valence-electron chi connectivity index (χ4n) is 2.92. The van der Waals surface area contributed by atoms with Gasteiger partial charge in [-0.15, -0.1) is 11.3 Å². The van der Waals surface area contributed by atoms with Crippen LogP contribution in [0.3, 0.4) is 0 Å². The van der Waals surface area contributed by atoms with Crippen LogP contribution < -0.4 is 5.56 Å². The number of carbonyl (C=O) groups excluding carboxylic acids is 2. The van der Waals surface area contributed by atoms with E-state index in [-0.39, 0.29) is 23.1 Å². The molecular weight excluding hydrogens is 426 g/mol. The summed E-state index contributed by atoms with van der Waals surface area (Å²) in [7, 11) is 1.63. The highest BCUT2D eigenvalue weighted by Crippen LogP contribution is 2.22. The highest BCUT2D eigenvalue weighted by molar-refractivity contribution is 7.16. The number of likely N-dealkylation sites (N-methyl/N-ethyl adjacent to an activating group) is 1. The van der Waals surface area contributed by atoms with Gasteiger partial charge in [-0.2, -0.15) is 5.10 Å². The number of aromatic nitrogens is 2. The molecule has 0 atom stereocenters. The van der Waals surface area contributed by atoms with Crippen molar-refractivity contribution in [3.05, 3.63) is 61.7 Å². The summed E-state index contributed by atoms with van der Waals surface area (Å²) in [6, 6.07) is 10.4. The molecule has 7 nitrogen and oxygen atoms in total. The van der Waals surface area contributed by atoms with Crippen molar-refractivity contribution in [3.63, 3.8) is 0 Å². The molecule has 0 radical (unpaired) electrons. The Morgan fingerprint density at radius 3 is 2.53 bits per heavy atom. The van der Waals surface area contributed by atoms with Gasteiger partial charge in [-0.25, -0.2) is 9.48 Å². The lowest BCUT2D eigenvalue weighted by Crippen LogP contribution is -2.32. The smallest absolute Gasteiger partial charge is 0.359 e. The first-order chi connectivity index (χ1) is 14.3. The monoisotopic (exact) mass is 447 g/mol. The molecule has 158 valence electrons. The number of rotatable bonds is 7. The van der Waals surface area contributed by atoms with E-state index in [1.165, 1.54) is 20.9 Å². The SMILES string of the molecule is CC(C)Cn1nc(C(=O)OCC(=O)N(C)Cc2ccc(Cl)s2)c2ccccc2c1=O. The zero-order chi connectivity index (χ0) is 21.8. The number of ether oxygens (including phenoxy) is 1. The van der Waals surface area contributed by atoms with E-state index in [1.807, 2.05) is 19.9 Å². The van der Waals surface area contributed by atoms with Gasteiger partial charge in [0.05, 0.1) is 16.3 Å². The molecule has 0 saturated heterocycles. The summed E-state index contributed by atoms with van der Waals surface area (Å²) >= 11 is 7.30. The minimum atomic E-state index is -0.746. The largest absolute Gasteiger partial charge is 0.451 e. The first-order valence-electron chi connectivity index (χ1n) is 9.41. The fourth-order valence-corrected chi connectivity index (χ4v) is 4.06. The van der Waals surface area contributed by atoms with Gasteiger partial charge in [-0.3, -0.25) is 9.59 Å². The summed E-state index contributed by atoms with van der Waals surface area (Å²) in [6.07, 6.45) is 0. The molecule has 2 aromatic heterocycles. The fraction of sp³-hybridized carbons (Fsp3) is 0.333. The van der Waals surface area contributed by atoms with Crippen LogP contribution in [0.4, 0.5) is 0 Å². The molecule has 0 bridgehead atoms. The molecular formula is C21H22ClN3O4S.